The topological polar surface area (TPSA) is 30.5 Å². The zero-order valence-electron chi connectivity index (χ0n) is 11.9. The predicted octanol–water partition coefficient (Wildman–Crippen LogP) is 4.88. The van der Waals surface area contributed by atoms with Gasteiger partial charge in [-0.1, -0.05) is 23.2 Å². The molecule has 0 saturated heterocycles. The van der Waals surface area contributed by atoms with Gasteiger partial charge >= 0.3 is 0 Å². The fourth-order valence-electron chi connectivity index (χ4n) is 1.81. The molecule has 0 spiro atoms. The van der Waals surface area contributed by atoms with E-state index in [4.69, 9.17) is 32.7 Å². The van der Waals surface area contributed by atoms with Crippen molar-refractivity contribution < 1.29 is 9.47 Å². The molecule has 0 fully saturated rings. The lowest BCUT2D eigenvalue weighted by Gasteiger charge is -2.17. The van der Waals surface area contributed by atoms with Crippen molar-refractivity contribution >= 4 is 28.9 Å². The lowest BCUT2D eigenvalue weighted by Crippen LogP contribution is -2.22. The van der Waals surface area contributed by atoms with E-state index in [9.17, 15) is 0 Å². The highest BCUT2D eigenvalue weighted by atomic mass is 35.5. The number of rotatable bonds is 6. The average molecular weight is 326 g/mol. The highest BCUT2D eigenvalue weighted by molar-refractivity contribution is 6.36. The Balaban J connectivity index is 1.87. The largest absolute Gasteiger partial charge is 0.497 e. The summed E-state index contributed by atoms with van der Waals surface area (Å²) in [6.07, 6.45) is -0.00913. The van der Waals surface area contributed by atoms with Crippen molar-refractivity contribution in [1.29, 1.82) is 0 Å². The number of halogens is 2. The van der Waals surface area contributed by atoms with Crippen LogP contribution in [0.25, 0.3) is 0 Å². The Morgan fingerprint density at radius 3 is 2.33 bits per heavy atom. The van der Waals surface area contributed by atoms with Crippen molar-refractivity contribution in [3.8, 4) is 11.5 Å². The third-order valence-corrected chi connectivity index (χ3v) is 3.46. The number of anilines is 1. The highest BCUT2D eigenvalue weighted by Crippen LogP contribution is 2.25. The van der Waals surface area contributed by atoms with E-state index < -0.39 is 0 Å². The fourth-order valence-corrected chi connectivity index (χ4v) is 2.29. The van der Waals surface area contributed by atoms with Crippen LogP contribution in [0.5, 0.6) is 11.5 Å². The van der Waals surface area contributed by atoms with Gasteiger partial charge < -0.3 is 14.8 Å². The summed E-state index contributed by atoms with van der Waals surface area (Å²) in [6.45, 7) is 2.62. The molecular formula is C16H17Cl2NO2. The van der Waals surface area contributed by atoms with Gasteiger partial charge in [0.1, 0.15) is 17.6 Å². The Labute approximate surface area is 134 Å². The van der Waals surface area contributed by atoms with Crippen molar-refractivity contribution in [3.63, 3.8) is 0 Å². The van der Waals surface area contributed by atoms with Crippen LogP contribution in [0.15, 0.2) is 42.5 Å². The van der Waals surface area contributed by atoms with Gasteiger partial charge in [0.05, 0.1) is 24.4 Å². The van der Waals surface area contributed by atoms with E-state index in [0.29, 0.717) is 16.6 Å². The molecule has 1 atom stereocenters. The molecule has 2 aromatic rings. The summed E-state index contributed by atoms with van der Waals surface area (Å²) in [5, 5.41) is 4.46. The molecule has 1 N–H and O–H groups in total. The number of ether oxygens (including phenoxy) is 2. The molecule has 0 radical (unpaired) electrons. The molecule has 5 heteroatoms. The molecule has 0 heterocycles. The molecule has 2 rings (SSSR count). The standard InChI is InChI=1S/C16H17Cl2NO2/c1-11(21-14-6-4-13(20-2)5-7-14)10-19-16-8-3-12(17)9-15(16)18/h3-9,11,19H,10H2,1-2H3/t11-/m1/s1. The maximum Gasteiger partial charge on any atom is 0.120 e. The molecule has 0 aromatic heterocycles. The Hall–Kier alpha value is -1.58. The number of hydrogen-bond donors (Lipinski definition) is 1. The smallest absolute Gasteiger partial charge is 0.120 e. The Bertz CT molecular complexity index is 587. The maximum atomic E-state index is 6.10. The van der Waals surface area contributed by atoms with Crippen LogP contribution in [-0.4, -0.2) is 19.8 Å². The summed E-state index contributed by atoms with van der Waals surface area (Å²) in [5.74, 6) is 1.60. The minimum absolute atomic E-state index is 0.00913. The SMILES string of the molecule is COc1ccc(O[C@H](C)CNc2ccc(Cl)cc2Cl)cc1. The van der Waals surface area contributed by atoms with Crippen LogP contribution in [0.3, 0.4) is 0 Å². The zero-order valence-corrected chi connectivity index (χ0v) is 13.4. The van der Waals surface area contributed by atoms with Crippen molar-refractivity contribution in [2.24, 2.45) is 0 Å². The van der Waals surface area contributed by atoms with Gasteiger partial charge in [-0.2, -0.15) is 0 Å². The Kier molecular flexibility index (Phi) is 5.59. The van der Waals surface area contributed by atoms with E-state index in [-0.39, 0.29) is 6.10 Å². The molecule has 3 nitrogen and oxygen atoms in total. The quantitative estimate of drug-likeness (QED) is 0.820. The van der Waals surface area contributed by atoms with Crippen molar-refractivity contribution in [2.45, 2.75) is 13.0 Å². The van der Waals surface area contributed by atoms with E-state index in [1.54, 1.807) is 19.2 Å². The monoisotopic (exact) mass is 325 g/mol. The molecular weight excluding hydrogens is 309 g/mol. The normalized spacial score (nSPS) is 11.8. The maximum absolute atomic E-state index is 6.10. The van der Waals surface area contributed by atoms with Crippen LogP contribution < -0.4 is 14.8 Å². The first-order valence-electron chi connectivity index (χ1n) is 6.58. The molecule has 0 bridgehead atoms. The van der Waals surface area contributed by atoms with E-state index in [1.165, 1.54) is 0 Å². The molecule has 0 aliphatic carbocycles. The first-order chi connectivity index (χ1) is 10.1. The van der Waals surface area contributed by atoms with Crippen LogP contribution in [0.4, 0.5) is 5.69 Å². The molecule has 21 heavy (non-hydrogen) atoms. The van der Waals surface area contributed by atoms with Gasteiger partial charge in [0.15, 0.2) is 0 Å². The summed E-state index contributed by atoms with van der Waals surface area (Å²) >= 11 is 12.0. The van der Waals surface area contributed by atoms with Crippen LogP contribution in [0, 0.1) is 0 Å². The van der Waals surface area contributed by atoms with Gasteiger partial charge in [-0.25, -0.2) is 0 Å². The minimum atomic E-state index is -0.00913. The Morgan fingerprint density at radius 1 is 1.05 bits per heavy atom. The zero-order chi connectivity index (χ0) is 15.2. The van der Waals surface area contributed by atoms with E-state index in [1.807, 2.05) is 37.3 Å². The lowest BCUT2D eigenvalue weighted by molar-refractivity contribution is 0.234. The van der Waals surface area contributed by atoms with Crippen LogP contribution >= 0.6 is 23.2 Å². The number of hydrogen-bond acceptors (Lipinski definition) is 3. The van der Waals surface area contributed by atoms with Gasteiger partial charge in [-0.05, 0) is 49.4 Å². The molecule has 0 aliphatic rings. The number of nitrogens with one attached hydrogen (secondary N) is 1. The van der Waals surface area contributed by atoms with Crippen molar-refractivity contribution in [3.05, 3.63) is 52.5 Å². The van der Waals surface area contributed by atoms with Crippen LogP contribution in [0.2, 0.25) is 10.0 Å². The number of methoxy groups -OCH3 is 1. The summed E-state index contributed by atoms with van der Waals surface area (Å²) in [4.78, 5) is 0. The third-order valence-electron chi connectivity index (χ3n) is 2.91. The Morgan fingerprint density at radius 2 is 1.71 bits per heavy atom. The summed E-state index contributed by atoms with van der Waals surface area (Å²) < 4.78 is 10.9. The summed E-state index contributed by atoms with van der Waals surface area (Å²) in [6, 6.07) is 12.8. The minimum Gasteiger partial charge on any atom is -0.497 e. The first-order valence-corrected chi connectivity index (χ1v) is 7.33. The summed E-state index contributed by atoms with van der Waals surface area (Å²) in [5.41, 5.74) is 0.839. The van der Waals surface area contributed by atoms with Gasteiger partial charge in [-0.15, -0.1) is 0 Å². The van der Waals surface area contributed by atoms with E-state index in [0.717, 1.165) is 17.2 Å². The molecule has 0 saturated carbocycles. The first kappa shape index (κ1) is 15.8. The third kappa shape index (κ3) is 4.73. The second kappa shape index (κ2) is 7.43. The molecule has 2 aromatic carbocycles. The fraction of sp³-hybridized carbons (Fsp3) is 0.250. The molecule has 0 unspecified atom stereocenters. The average Bonchev–Trinajstić information content (AvgIpc) is 2.47. The van der Waals surface area contributed by atoms with E-state index >= 15 is 0 Å². The van der Waals surface area contributed by atoms with Crippen LogP contribution in [0.1, 0.15) is 6.92 Å². The van der Waals surface area contributed by atoms with E-state index in [2.05, 4.69) is 5.32 Å². The second-order valence-electron chi connectivity index (χ2n) is 4.61. The molecule has 0 amide bonds. The lowest BCUT2D eigenvalue weighted by atomic mass is 10.3. The van der Waals surface area contributed by atoms with Gasteiger partial charge in [0.2, 0.25) is 0 Å². The summed E-state index contributed by atoms with van der Waals surface area (Å²) in [7, 11) is 1.64. The number of benzene rings is 2. The van der Waals surface area contributed by atoms with Gasteiger partial charge in [0, 0.05) is 5.02 Å². The predicted molar refractivity (Wildman–Crippen MR) is 88.0 cm³/mol. The van der Waals surface area contributed by atoms with Gasteiger partial charge in [0.25, 0.3) is 0 Å². The second-order valence-corrected chi connectivity index (χ2v) is 5.45. The highest BCUT2D eigenvalue weighted by Gasteiger charge is 2.06. The molecule has 112 valence electrons. The van der Waals surface area contributed by atoms with Crippen molar-refractivity contribution in [2.75, 3.05) is 19.0 Å². The van der Waals surface area contributed by atoms with Crippen molar-refractivity contribution in [1.82, 2.24) is 0 Å². The molecule has 0 aliphatic heterocycles. The van der Waals surface area contributed by atoms with Gasteiger partial charge in [-0.3, -0.25) is 0 Å². The van der Waals surface area contributed by atoms with Crippen LogP contribution in [-0.2, 0) is 0 Å².